The minimum atomic E-state index is -0.253. The van der Waals surface area contributed by atoms with Crippen LogP contribution in [-0.4, -0.2) is 37.0 Å². The van der Waals surface area contributed by atoms with E-state index in [1.807, 2.05) is 20.8 Å². The number of hydrogen-bond donors (Lipinski definition) is 3. The number of carbonyl (C=O) groups excluding carboxylic acids is 2. The molecule has 1 aliphatic heterocycles. The summed E-state index contributed by atoms with van der Waals surface area (Å²) in [5.74, 6) is 0.295. The molecule has 0 spiro atoms. The Morgan fingerprint density at radius 3 is 2.26 bits per heavy atom. The van der Waals surface area contributed by atoms with Crippen molar-refractivity contribution in [3.05, 3.63) is 0 Å². The maximum atomic E-state index is 11.7. The van der Waals surface area contributed by atoms with Gasteiger partial charge in [-0.2, -0.15) is 0 Å². The van der Waals surface area contributed by atoms with Gasteiger partial charge in [-0.1, -0.05) is 0 Å². The van der Waals surface area contributed by atoms with Gasteiger partial charge in [0.15, 0.2) is 0 Å². The molecule has 0 aromatic rings. The van der Waals surface area contributed by atoms with E-state index in [2.05, 4.69) is 16.0 Å². The van der Waals surface area contributed by atoms with Crippen molar-refractivity contribution in [1.82, 2.24) is 16.0 Å². The number of hydrogen-bond acceptors (Lipinski definition) is 3. The number of halogens is 1. The zero-order chi connectivity index (χ0) is 13.6. The Bertz CT molecular complexity index is 297. The molecule has 1 fully saturated rings. The van der Waals surface area contributed by atoms with Crippen LogP contribution in [0.1, 0.15) is 40.0 Å². The van der Waals surface area contributed by atoms with Crippen molar-refractivity contribution in [2.45, 2.75) is 45.6 Å². The molecule has 2 amide bonds. The lowest BCUT2D eigenvalue weighted by atomic mass is 9.94. The van der Waals surface area contributed by atoms with Crippen molar-refractivity contribution in [2.75, 3.05) is 19.6 Å². The summed E-state index contributed by atoms with van der Waals surface area (Å²) >= 11 is 0. The maximum Gasteiger partial charge on any atom is 0.239 e. The Hall–Kier alpha value is -0.810. The van der Waals surface area contributed by atoms with Crippen LogP contribution in [0, 0.1) is 5.92 Å². The fourth-order valence-electron chi connectivity index (χ4n) is 2.06. The smallest absolute Gasteiger partial charge is 0.239 e. The molecule has 1 aliphatic rings. The van der Waals surface area contributed by atoms with Gasteiger partial charge in [0, 0.05) is 12.0 Å². The maximum absolute atomic E-state index is 11.7. The molecule has 6 heteroatoms. The monoisotopic (exact) mass is 291 g/mol. The second-order valence-corrected chi connectivity index (χ2v) is 5.97. The van der Waals surface area contributed by atoms with Gasteiger partial charge < -0.3 is 16.0 Å². The fourth-order valence-corrected chi connectivity index (χ4v) is 2.06. The standard InChI is InChI=1S/C13H25N3O2.ClH/c1-13(2,3)16-12(18)9-15-11(17)8-10-4-6-14-7-5-10;/h10,14H,4-9H2,1-3H3,(H,15,17)(H,16,18);1H. The zero-order valence-electron chi connectivity index (χ0n) is 12.0. The van der Waals surface area contributed by atoms with Crippen LogP contribution >= 0.6 is 12.4 Å². The molecule has 0 aliphatic carbocycles. The highest BCUT2D eigenvalue weighted by Gasteiger charge is 2.18. The molecule has 1 saturated heterocycles. The van der Waals surface area contributed by atoms with Gasteiger partial charge in [0.25, 0.3) is 0 Å². The SMILES string of the molecule is CC(C)(C)NC(=O)CNC(=O)CC1CCNCC1.Cl. The van der Waals surface area contributed by atoms with Gasteiger partial charge in [-0.3, -0.25) is 9.59 Å². The Morgan fingerprint density at radius 2 is 1.74 bits per heavy atom. The summed E-state index contributed by atoms with van der Waals surface area (Å²) in [5, 5.41) is 8.76. The number of rotatable bonds is 4. The number of carbonyl (C=O) groups is 2. The average Bonchev–Trinajstić information content (AvgIpc) is 2.25. The average molecular weight is 292 g/mol. The van der Waals surface area contributed by atoms with Crippen LogP contribution in [0.4, 0.5) is 0 Å². The molecular formula is C13H26ClN3O2. The Morgan fingerprint density at radius 1 is 1.16 bits per heavy atom. The Labute approximate surface area is 121 Å². The van der Waals surface area contributed by atoms with Crippen LogP contribution in [0.2, 0.25) is 0 Å². The molecule has 0 bridgehead atoms. The molecule has 0 aromatic carbocycles. The summed E-state index contributed by atoms with van der Waals surface area (Å²) in [4.78, 5) is 23.2. The van der Waals surface area contributed by atoms with Crippen molar-refractivity contribution >= 4 is 24.2 Å². The molecule has 19 heavy (non-hydrogen) atoms. The van der Waals surface area contributed by atoms with E-state index in [0.717, 1.165) is 25.9 Å². The first-order valence-corrected chi connectivity index (χ1v) is 6.65. The molecule has 0 atom stereocenters. The van der Waals surface area contributed by atoms with E-state index in [1.54, 1.807) is 0 Å². The first-order chi connectivity index (χ1) is 8.37. The molecular weight excluding hydrogens is 266 g/mol. The second-order valence-electron chi connectivity index (χ2n) is 5.97. The van der Waals surface area contributed by atoms with E-state index in [4.69, 9.17) is 0 Å². The molecule has 3 N–H and O–H groups in total. The van der Waals surface area contributed by atoms with E-state index < -0.39 is 0 Å². The van der Waals surface area contributed by atoms with Crippen molar-refractivity contribution in [3.63, 3.8) is 0 Å². The van der Waals surface area contributed by atoms with E-state index in [1.165, 1.54) is 0 Å². The van der Waals surface area contributed by atoms with Crippen LogP contribution in [0.25, 0.3) is 0 Å². The summed E-state index contributed by atoms with van der Waals surface area (Å²) in [6.45, 7) is 7.80. The summed E-state index contributed by atoms with van der Waals surface area (Å²) in [6, 6.07) is 0. The normalized spacial score (nSPS) is 16.4. The van der Waals surface area contributed by atoms with Gasteiger partial charge in [-0.05, 0) is 52.6 Å². The van der Waals surface area contributed by atoms with Crippen LogP contribution in [0.5, 0.6) is 0 Å². The third kappa shape index (κ3) is 8.83. The number of nitrogens with one attached hydrogen (secondary N) is 3. The van der Waals surface area contributed by atoms with E-state index in [9.17, 15) is 9.59 Å². The summed E-state index contributed by atoms with van der Waals surface area (Å²) < 4.78 is 0. The quantitative estimate of drug-likeness (QED) is 0.718. The van der Waals surface area contributed by atoms with Gasteiger partial charge in [-0.15, -0.1) is 12.4 Å². The second kappa shape index (κ2) is 8.38. The summed E-state index contributed by atoms with van der Waals surface area (Å²) in [6.07, 6.45) is 2.62. The third-order valence-electron chi connectivity index (χ3n) is 2.89. The third-order valence-corrected chi connectivity index (χ3v) is 2.89. The van der Waals surface area contributed by atoms with Gasteiger partial charge in [0.05, 0.1) is 6.54 Å². The largest absolute Gasteiger partial charge is 0.350 e. The molecule has 1 rings (SSSR count). The van der Waals surface area contributed by atoms with Gasteiger partial charge in [0.2, 0.25) is 11.8 Å². The molecule has 0 saturated carbocycles. The highest BCUT2D eigenvalue weighted by Crippen LogP contribution is 2.15. The van der Waals surface area contributed by atoms with Crippen LogP contribution in [0.3, 0.4) is 0 Å². The summed E-state index contributed by atoms with van der Waals surface area (Å²) in [5.41, 5.74) is -0.253. The minimum Gasteiger partial charge on any atom is -0.350 e. The fraction of sp³-hybridized carbons (Fsp3) is 0.846. The van der Waals surface area contributed by atoms with Crippen molar-refractivity contribution in [2.24, 2.45) is 5.92 Å². The van der Waals surface area contributed by atoms with Crippen molar-refractivity contribution < 1.29 is 9.59 Å². The zero-order valence-corrected chi connectivity index (χ0v) is 12.9. The first-order valence-electron chi connectivity index (χ1n) is 6.65. The van der Waals surface area contributed by atoms with Crippen LogP contribution < -0.4 is 16.0 Å². The molecule has 112 valence electrons. The molecule has 1 heterocycles. The van der Waals surface area contributed by atoms with Gasteiger partial charge >= 0.3 is 0 Å². The van der Waals surface area contributed by atoms with Crippen LogP contribution in [-0.2, 0) is 9.59 Å². The Kier molecular flexibility index (Phi) is 8.02. The predicted molar refractivity (Wildman–Crippen MR) is 78.4 cm³/mol. The first kappa shape index (κ1) is 18.2. The highest BCUT2D eigenvalue weighted by molar-refractivity contribution is 5.85. The van der Waals surface area contributed by atoms with E-state index in [0.29, 0.717) is 12.3 Å². The number of amides is 2. The van der Waals surface area contributed by atoms with Crippen LogP contribution in [0.15, 0.2) is 0 Å². The highest BCUT2D eigenvalue weighted by atomic mass is 35.5. The molecule has 0 radical (unpaired) electrons. The molecule has 0 unspecified atom stereocenters. The van der Waals surface area contributed by atoms with Gasteiger partial charge in [0.1, 0.15) is 0 Å². The Balaban J connectivity index is 0.00000324. The molecule has 0 aromatic heterocycles. The minimum absolute atomic E-state index is 0. The van der Waals surface area contributed by atoms with Gasteiger partial charge in [-0.25, -0.2) is 0 Å². The lowest BCUT2D eigenvalue weighted by molar-refractivity contribution is -0.127. The topological polar surface area (TPSA) is 70.2 Å². The predicted octanol–water partition coefficient (Wildman–Crippen LogP) is 0.829. The van der Waals surface area contributed by atoms with E-state index in [-0.39, 0.29) is 36.3 Å². The summed E-state index contributed by atoms with van der Waals surface area (Å²) in [7, 11) is 0. The lowest BCUT2D eigenvalue weighted by Crippen LogP contribution is -2.46. The number of piperidine rings is 1. The van der Waals surface area contributed by atoms with E-state index >= 15 is 0 Å². The molecule has 5 nitrogen and oxygen atoms in total. The lowest BCUT2D eigenvalue weighted by Gasteiger charge is -2.22. The van der Waals surface area contributed by atoms with Crippen molar-refractivity contribution in [3.8, 4) is 0 Å². The van der Waals surface area contributed by atoms with Crippen molar-refractivity contribution in [1.29, 1.82) is 0 Å².